The van der Waals surface area contributed by atoms with Gasteiger partial charge in [-0.05, 0) is 18.2 Å². The Hall–Kier alpha value is -1.95. The molecule has 4 rings (SSSR count). The number of ether oxygens (including phenoxy) is 1. The summed E-state index contributed by atoms with van der Waals surface area (Å²) in [7, 11) is -3.49. The van der Waals surface area contributed by atoms with Gasteiger partial charge in [-0.2, -0.15) is 9.19 Å². The summed E-state index contributed by atoms with van der Waals surface area (Å²) in [6.07, 6.45) is -0.190. The van der Waals surface area contributed by atoms with E-state index in [4.69, 9.17) is 10.5 Å². The first kappa shape index (κ1) is 19.4. The van der Waals surface area contributed by atoms with E-state index in [0.717, 1.165) is 28.5 Å². The van der Waals surface area contributed by atoms with E-state index in [-0.39, 0.29) is 18.7 Å². The van der Waals surface area contributed by atoms with E-state index in [0.29, 0.717) is 17.8 Å². The third-order valence-electron chi connectivity index (χ3n) is 5.19. The lowest BCUT2D eigenvalue weighted by atomic mass is 9.91. The minimum Gasteiger partial charge on any atom is -0.370 e. The molecule has 0 saturated carbocycles. The zero-order chi connectivity index (χ0) is 20.2. The average Bonchev–Trinajstić information content (AvgIpc) is 3.18. The molecule has 1 aromatic carbocycles. The van der Waals surface area contributed by atoms with Crippen molar-refractivity contribution < 1.29 is 26.3 Å². The van der Waals surface area contributed by atoms with Crippen LogP contribution >= 0.6 is 0 Å². The fourth-order valence-corrected chi connectivity index (χ4v) is 4.29. The van der Waals surface area contributed by atoms with E-state index >= 15 is 4.39 Å². The van der Waals surface area contributed by atoms with Crippen molar-refractivity contribution in [3.63, 3.8) is 0 Å². The first-order valence-corrected chi connectivity index (χ1v) is 10.5. The summed E-state index contributed by atoms with van der Waals surface area (Å²) in [6, 6.07) is 1.01. The second-order valence-corrected chi connectivity index (χ2v) is 8.99. The highest BCUT2D eigenvalue weighted by Gasteiger charge is 2.44. The number of aromatic nitrogens is 2. The number of alkyl halides is 1. The zero-order valence-electron chi connectivity index (χ0n) is 14.9. The maximum atomic E-state index is 15.1. The van der Waals surface area contributed by atoms with Gasteiger partial charge in [0.25, 0.3) is 10.0 Å². The molecule has 2 aliphatic rings. The Balaban J connectivity index is 1.50. The first-order valence-electron chi connectivity index (χ1n) is 8.63. The molecular formula is C17H19F3N4O3S. The number of rotatable bonds is 3. The third kappa shape index (κ3) is 3.32. The molecule has 1 fully saturated rings. The molecule has 3 heterocycles. The molecule has 1 saturated heterocycles. The highest BCUT2D eigenvalue weighted by atomic mass is 32.2. The molecule has 0 bridgehead atoms. The summed E-state index contributed by atoms with van der Waals surface area (Å²) in [5, 5.41) is 4.04. The molecule has 1 aromatic heterocycles. The molecule has 2 aliphatic heterocycles. The van der Waals surface area contributed by atoms with E-state index < -0.39 is 46.0 Å². The van der Waals surface area contributed by atoms with Crippen molar-refractivity contribution in [3.05, 3.63) is 52.9 Å². The molecule has 152 valence electrons. The maximum absolute atomic E-state index is 15.1. The van der Waals surface area contributed by atoms with Gasteiger partial charge in [0, 0.05) is 30.4 Å². The molecule has 0 aliphatic carbocycles. The van der Waals surface area contributed by atoms with E-state index in [1.54, 1.807) is 4.90 Å². The molecule has 2 N–H and O–H groups in total. The van der Waals surface area contributed by atoms with Gasteiger partial charge in [-0.3, -0.25) is 4.90 Å². The number of fused-ring (bicyclic) bond motifs is 1. The monoisotopic (exact) mass is 416 g/mol. The largest absolute Gasteiger partial charge is 0.370 e. The van der Waals surface area contributed by atoms with Gasteiger partial charge >= 0.3 is 0 Å². The van der Waals surface area contributed by atoms with E-state index in [1.807, 2.05) is 0 Å². The highest BCUT2D eigenvalue weighted by Crippen LogP contribution is 2.35. The highest BCUT2D eigenvalue weighted by molar-refractivity contribution is 7.89. The number of hydrogen-bond donors (Lipinski definition) is 1. The number of halogens is 3. The van der Waals surface area contributed by atoms with Crippen LogP contribution in [0.15, 0.2) is 24.4 Å². The number of nitrogens with two attached hydrogens (primary N) is 1. The van der Waals surface area contributed by atoms with Crippen molar-refractivity contribution in [1.29, 1.82) is 0 Å². The predicted molar refractivity (Wildman–Crippen MR) is 93.4 cm³/mol. The fourth-order valence-electron chi connectivity index (χ4n) is 3.72. The van der Waals surface area contributed by atoms with Crippen LogP contribution in [0, 0.1) is 11.6 Å². The minimum atomic E-state index is -3.49. The summed E-state index contributed by atoms with van der Waals surface area (Å²) in [4.78, 5) is 1.76. The molecule has 2 aromatic rings. The van der Waals surface area contributed by atoms with Gasteiger partial charge in [-0.25, -0.2) is 21.6 Å². The Morgan fingerprint density at radius 3 is 2.71 bits per heavy atom. The van der Waals surface area contributed by atoms with Gasteiger partial charge in [-0.1, -0.05) is 0 Å². The average molecular weight is 416 g/mol. The molecule has 28 heavy (non-hydrogen) atoms. The van der Waals surface area contributed by atoms with Crippen LogP contribution in [0.5, 0.6) is 0 Å². The molecule has 0 unspecified atom stereocenters. The second-order valence-electron chi connectivity index (χ2n) is 7.15. The zero-order valence-corrected chi connectivity index (χ0v) is 15.7. The molecule has 4 atom stereocenters. The Morgan fingerprint density at radius 1 is 1.29 bits per heavy atom. The molecule has 0 amide bonds. The maximum Gasteiger partial charge on any atom is 0.250 e. The minimum absolute atomic E-state index is 0.0637. The Morgan fingerprint density at radius 2 is 2.04 bits per heavy atom. The van der Waals surface area contributed by atoms with Crippen LogP contribution in [-0.2, 0) is 27.8 Å². The molecular weight excluding hydrogens is 397 g/mol. The van der Waals surface area contributed by atoms with Crippen LogP contribution in [-0.4, -0.2) is 53.6 Å². The van der Waals surface area contributed by atoms with Crippen LogP contribution in [0.1, 0.15) is 22.9 Å². The summed E-state index contributed by atoms with van der Waals surface area (Å²) >= 11 is 0. The lowest BCUT2D eigenvalue weighted by molar-refractivity contribution is -0.0932. The molecule has 7 nitrogen and oxygen atoms in total. The van der Waals surface area contributed by atoms with Crippen molar-refractivity contribution >= 4 is 10.0 Å². The van der Waals surface area contributed by atoms with Crippen molar-refractivity contribution in [3.8, 4) is 0 Å². The van der Waals surface area contributed by atoms with E-state index in [2.05, 4.69) is 5.10 Å². The SMILES string of the molecule is CS(=O)(=O)n1cc2c(n1)CN([C@H]1CO[C@H](c3cc(F)ccc3F)[C@@H](N)[C@H]1F)C2. The third-order valence-corrected chi connectivity index (χ3v) is 6.05. The first-order chi connectivity index (χ1) is 13.1. The van der Waals surface area contributed by atoms with Gasteiger partial charge in [0.05, 0.1) is 30.6 Å². The topological polar surface area (TPSA) is 90.5 Å². The van der Waals surface area contributed by atoms with Crippen LogP contribution in [0.25, 0.3) is 0 Å². The lowest BCUT2D eigenvalue weighted by Gasteiger charge is -2.41. The van der Waals surface area contributed by atoms with Gasteiger partial charge < -0.3 is 10.5 Å². The van der Waals surface area contributed by atoms with Gasteiger partial charge in [-0.15, -0.1) is 0 Å². The summed E-state index contributed by atoms with van der Waals surface area (Å²) < 4.78 is 72.2. The molecule has 0 spiro atoms. The summed E-state index contributed by atoms with van der Waals surface area (Å²) in [5.74, 6) is -1.36. The normalized spacial score (nSPS) is 28.5. The fraction of sp³-hybridized carbons (Fsp3) is 0.471. The van der Waals surface area contributed by atoms with Crippen molar-refractivity contribution in [1.82, 2.24) is 14.1 Å². The standard InChI is InChI=1S/C17H19F3N4O3S/c1-28(25,26)24-6-9-5-23(7-13(9)22-24)14-8-27-17(16(21)15(14)20)11-4-10(18)2-3-12(11)19/h2-4,6,14-17H,5,7-8,21H2,1H3/t14-,15-,16-,17+/m0/s1. The van der Waals surface area contributed by atoms with Crippen LogP contribution in [0.4, 0.5) is 13.2 Å². The molecule has 0 radical (unpaired) electrons. The second kappa shape index (κ2) is 6.83. The Kier molecular flexibility index (Phi) is 4.73. The number of nitrogens with zero attached hydrogens (tertiary/aromatic N) is 3. The smallest absolute Gasteiger partial charge is 0.250 e. The summed E-state index contributed by atoms with van der Waals surface area (Å²) in [6.45, 7) is 0.481. The van der Waals surface area contributed by atoms with Crippen molar-refractivity contribution in [2.45, 2.75) is 37.4 Å². The number of benzene rings is 1. The predicted octanol–water partition coefficient (Wildman–Crippen LogP) is 1.09. The Labute approximate surface area is 159 Å². The van der Waals surface area contributed by atoms with Gasteiger partial charge in [0.2, 0.25) is 0 Å². The van der Waals surface area contributed by atoms with Crippen molar-refractivity contribution in [2.75, 3.05) is 12.9 Å². The molecule has 11 heteroatoms. The lowest BCUT2D eigenvalue weighted by Crippen LogP contribution is -2.56. The van der Waals surface area contributed by atoms with Gasteiger partial charge in [0.1, 0.15) is 23.9 Å². The van der Waals surface area contributed by atoms with Crippen LogP contribution < -0.4 is 5.73 Å². The Bertz CT molecular complexity index is 990. The van der Waals surface area contributed by atoms with Crippen LogP contribution in [0.2, 0.25) is 0 Å². The summed E-state index contributed by atoms with van der Waals surface area (Å²) in [5.41, 5.74) is 7.10. The van der Waals surface area contributed by atoms with Crippen molar-refractivity contribution in [2.24, 2.45) is 5.73 Å². The van der Waals surface area contributed by atoms with Gasteiger partial charge in [0.15, 0.2) is 0 Å². The van der Waals surface area contributed by atoms with Crippen LogP contribution in [0.3, 0.4) is 0 Å². The van der Waals surface area contributed by atoms with E-state index in [1.165, 1.54) is 6.20 Å². The van der Waals surface area contributed by atoms with E-state index in [9.17, 15) is 17.2 Å². The number of hydrogen-bond acceptors (Lipinski definition) is 6. The quantitative estimate of drug-likeness (QED) is 0.806.